The fraction of sp³-hybridized carbons (Fsp3) is 0.350. The minimum absolute atomic E-state index is 0.158. The number of likely N-dealkylation sites (N-methyl/N-ethyl adjacent to an activating group) is 1. The van der Waals surface area contributed by atoms with Crippen molar-refractivity contribution < 1.29 is 0 Å². The lowest BCUT2D eigenvalue weighted by molar-refractivity contribution is 0.527. The van der Waals surface area contributed by atoms with Crippen molar-refractivity contribution in [1.29, 1.82) is 0 Å². The fourth-order valence-electron chi connectivity index (χ4n) is 5.66. The number of benzene rings is 3. The Kier molecular flexibility index (Phi) is 12.7. The molecule has 1 aliphatic rings. The summed E-state index contributed by atoms with van der Waals surface area (Å²) in [6.07, 6.45) is 7.68. The molecule has 0 N–H and O–H groups in total. The molecule has 0 aromatic heterocycles. The lowest BCUT2D eigenvalue weighted by atomic mass is 9.79. The van der Waals surface area contributed by atoms with Crippen molar-refractivity contribution in [3.8, 4) is 0 Å². The summed E-state index contributed by atoms with van der Waals surface area (Å²) < 4.78 is 0. The summed E-state index contributed by atoms with van der Waals surface area (Å²) >= 11 is 0. The molecule has 0 amide bonds. The van der Waals surface area contributed by atoms with Crippen molar-refractivity contribution in [1.82, 2.24) is 4.90 Å². The van der Waals surface area contributed by atoms with Crippen LogP contribution < -0.4 is 0 Å². The Balaban J connectivity index is 0.000000296. The third-order valence-corrected chi connectivity index (χ3v) is 7.44. The van der Waals surface area contributed by atoms with Gasteiger partial charge in [-0.15, -0.1) is 0 Å². The summed E-state index contributed by atoms with van der Waals surface area (Å²) in [5.74, 6) is 0. The first kappa shape index (κ1) is 33.6. The molecule has 0 unspecified atom stereocenters. The van der Waals surface area contributed by atoms with E-state index in [9.17, 15) is 0 Å². The molecular formula is C40H53N. The van der Waals surface area contributed by atoms with E-state index in [2.05, 4.69) is 153 Å². The minimum atomic E-state index is 0.158. The van der Waals surface area contributed by atoms with Gasteiger partial charge in [0, 0.05) is 24.9 Å². The maximum atomic E-state index is 4.28. The first-order valence-corrected chi connectivity index (χ1v) is 15.1. The minimum Gasteiger partial charge on any atom is -0.370 e. The van der Waals surface area contributed by atoms with E-state index in [-0.39, 0.29) is 5.41 Å². The van der Waals surface area contributed by atoms with Gasteiger partial charge in [0.1, 0.15) is 0 Å². The molecule has 1 heteroatoms. The van der Waals surface area contributed by atoms with Crippen molar-refractivity contribution >= 4 is 11.3 Å². The SMILES string of the molecule is C=C(/C(C)=C\Cc1cc(C)cc(C)c1C(C)(C)C)c1ccccc1.CC.CC1=C(c2ccccc2C)N(C)CC=C1. The van der Waals surface area contributed by atoms with Gasteiger partial charge in [-0.3, -0.25) is 0 Å². The van der Waals surface area contributed by atoms with Gasteiger partial charge in [-0.05, 0) is 91.0 Å². The molecule has 0 saturated heterocycles. The highest BCUT2D eigenvalue weighted by molar-refractivity contribution is 5.76. The number of rotatable bonds is 5. The Morgan fingerprint density at radius 2 is 1.49 bits per heavy atom. The van der Waals surface area contributed by atoms with E-state index in [1.165, 1.54) is 55.8 Å². The molecule has 0 radical (unpaired) electrons. The van der Waals surface area contributed by atoms with E-state index in [0.29, 0.717) is 0 Å². The molecule has 41 heavy (non-hydrogen) atoms. The van der Waals surface area contributed by atoms with Crippen LogP contribution in [0.1, 0.15) is 87.4 Å². The number of allylic oxidation sites excluding steroid dienone is 5. The van der Waals surface area contributed by atoms with Crippen molar-refractivity contribution in [2.45, 2.75) is 81.1 Å². The van der Waals surface area contributed by atoms with Crippen LogP contribution in [-0.2, 0) is 11.8 Å². The van der Waals surface area contributed by atoms with Crippen molar-refractivity contribution in [3.05, 3.63) is 142 Å². The topological polar surface area (TPSA) is 3.24 Å². The predicted octanol–water partition coefficient (Wildman–Crippen LogP) is 11.1. The molecule has 0 spiro atoms. The third-order valence-electron chi connectivity index (χ3n) is 7.44. The Morgan fingerprint density at radius 1 is 0.878 bits per heavy atom. The van der Waals surface area contributed by atoms with Crippen molar-refractivity contribution in [2.75, 3.05) is 13.6 Å². The molecule has 0 saturated carbocycles. The lowest BCUT2D eigenvalue weighted by Crippen LogP contribution is -2.20. The van der Waals surface area contributed by atoms with Gasteiger partial charge in [0.05, 0.1) is 0 Å². The largest absolute Gasteiger partial charge is 0.370 e. The zero-order valence-electron chi connectivity index (χ0n) is 27.7. The van der Waals surface area contributed by atoms with E-state index in [1.807, 2.05) is 19.9 Å². The monoisotopic (exact) mass is 547 g/mol. The first-order valence-electron chi connectivity index (χ1n) is 15.1. The number of hydrogen-bond acceptors (Lipinski definition) is 1. The Hall–Kier alpha value is -3.58. The van der Waals surface area contributed by atoms with Crippen LogP contribution >= 0.6 is 0 Å². The van der Waals surface area contributed by atoms with Gasteiger partial charge < -0.3 is 4.90 Å². The van der Waals surface area contributed by atoms with E-state index < -0.39 is 0 Å². The normalized spacial score (nSPS) is 13.2. The Morgan fingerprint density at radius 3 is 2.07 bits per heavy atom. The van der Waals surface area contributed by atoms with Gasteiger partial charge in [0.25, 0.3) is 0 Å². The molecule has 0 aliphatic carbocycles. The number of nitrogens with zero attached hydrogens (tertiary/aromatic N) is 1. The summed E-state index contributed by atoms with van der Waals surface area (Å²) in [4.78, 5) is 2.30. The van der Waals surface area contributed by atoms with Crippen LogP contribution in [0.15, 0.2) is 103 Å². The van der Waals surface area contributed by atoms with Gasteiger partial charge >= 0.3 is 0 Å². The maximum absolute atomic E-state index is 4.28. The standard InChI is InChI=1S/C24H30.C14H17N.C2H6/c1-17-15-19(3)23(24(5,6)7)22(16-17)14-13-18(2)20(4)21-11-9-8-10-12-21;1-11-7-4-5-9-13(11)14-12(2)8-6-10-15(14)3;1-2/h8-13,15-16H,4,14H2,1-3,5-7H3;4-9H,10H2,1-3H3;1-2H3/b18-13-;;. The molecule has 1 nitrogen and oxygen atoms in total. The molecule has 0 atom stereocenters. The highest BCUT2D eigenvalue weighted by Crippen LogP contribution is 2.32. The van der Waals surface area contributed by atoms with Gasteiger partial charge in [0.2, 0.25) is 0 Å². The average Bonchev–Trinajstić information content (AvgIpc) is 2.93. The third kappa shape index (κ3) is 9.22. The van der Waals surface area contributed by atoms with Gasteiger partial charge in [0.15, 0.2) is 0 Å². The summed E-state index contributed by atoms with van der Waals surface area (Å²) in [6.45, 7) is 27.1. The molecular weight excluding hydrogens is 494 g/mol. The fourth-order valence-corrected chi connectivity index (χ4v) is 5.66. The van der Waals surface area contributed by atoms with Crippen molar-refractivity contribution in [2.24, 2.45) is 0 Å². The second-order valence-corrected chi connectivity index (χ2v) is 11.9. The summed E-state index contributed by atoms with van der Waals surface area (Å²) in [6, 6.07) is 23.6. The highest BCUT2D eigenvalue weighted by atomic mass is 15.1. The lowest BCUT2D eigenvalue weighted by Gasteiger charge is -2.27. The summed E-state index contributed by atoms with van der Waals surface area (Å²) in [5.41, 5.74) is 14.7. The van der Waals surface area contributed by atoms with Crippen LogP contribution in [0.2, 0.25) is 0 Å². The van der Waals surface area contributed by atoms with E-state index in [4.69, 9.17) is 0 Å². The summed E-state index contributed by atoms with van der Waals surface area (Å²) in [7, 11) is 2.15. The molecule has 0 fully saturated rings. The second-order valence-electron chi connectivity index (χ2n) is 11.9. The first-order chi connectivity index (χ1) is 19.4. The number of aryl methyl sites for hydroxylation is 3. The molecule has 1 heterocycles. The zero-order valence-corrected chi connectivity index (χ0v) is 27.7. The van der Waals surface area contributed by atoms with E-state index in [0.717, 1.165) is 18.5 Å². The zero-order chi connectivity index (χ0) is 30.7. The van der Waals surface area contributed by atoms with Crippen LogP contribution in [0.3, 0.4) is 0 Å². The Bertz CT molecular complexity index is 1390. The predicted molar refractivity (Wildman–Crippen MR) is 184 cm³/mol. The molecule has 3 aromatic carbocycles. The molecule has 3 aromatic rings. The van der Waals surface area contributed by atoms with E-state index in [1.54, 1.807) is 0 Å². The van der Waals surface area contributed by atoms with E-state index >= 15 is 0 Å². The maximum Gasteiger partial charge on any atom is 0.0472 e. The molecule has 0 bridgehead atoms. The van der Waals surface area contributed by atoms with Gasteiger partial charge in [-0.1, -0.05) is 132 Å². The Labute approximate surface area is 252 Å². The second kappa shape index (κ2) is 15.4. The van der Waals surface area contributed by atoms with Crippen LogP contribution in [0.5, 0.6) is 0 Å². The smallest absolute Gasteiger partial charge is 0.0472 e. The van der Waals surface area contributed by atoms with Crippen LogP contribution in [0.25, 0.3) is 11.3 Å². The molecule has 1 aliphatic heterocycles. The van der Waals surface area contributed by atoms with Crippen molar-refractivity contribution in [3.63, 3.8) is 0 Å². The number of hydrogen-bond donors (Lipinski definition) is 0. The average molecular weight is 548 g/mol. The van der Waals surface area contributed by atoms with Crippen LogP contribution in [-0.4, -0.2) is 18.5 Å². The van der Waals surface area contributed by atoms with Gasteiger partial charge in [-0.2, -0.15) is 0 Å². The van der Waals surface area contributed by atoms with Crippen LogP contribution in [0, 0.1) is 20.8 Å². The molecule has 218 valence electrons. The summed E-state index contributed by atoms with van der Waals surface area (Å²) in [5, 5.41) is 0. The quantitative estimate of drug-likeness (QED) is 0.287. The van der Waals surface area contributed by atoms with Crippen LogP contribution in [0.4, 0.5) is 0 Å². The van der Waals surface area contributed by atoms with Gasteiger partial charge in [-0.25, -0.2) is 0 Å². The molecule has 4 rings (SSSR count). The highest BCUT2D eigenvalue weighted by Gasteiger charge is 2.20.